The normalized spacial score (nSPS) is 12.1. The van der Waals surface area contributed by atoms with Crippen molar-refractivity contribution in [3.63, 3.8) is 0 Å². The van der Waals surface area contributed by atoms with Gasteiger partial charge in [-0.1, -0.05) is 41.9 Å². The summed E-state index contributed by atoms with van der Waals surface area (Å²) in [5, 5.41) is 2.98. The number of ketones is 1. The minimum Gasteiger partial charge on any atom is -0.350 e. The molecule has 0 spiro atoms. The first kappa shape index (κ1) is 17.8. The zero-order chi connectivity index (χ0) is 18.0. The number of amides is 1. The number of hydrogen-bond donors (Lipinski definition) is 2. The van der Waals surface area contributed by atoms with Crippen molar-refractivity contribution in [1.82, 2.24) is 4.98 Å². The molecule has 2 N–H and O–H groups in total. The van der Waals surface area contributed by atoms with E-state index in [2.05, 4.69) is 10.3 Å². The van der Waals surface area contributed by atoms with Crippen molar-refractivity contribution in [2.24, 2.45) is 0 Å². The zero-order valence-corrected chi connectivity index (χ0v) is 15.1. The number of carbonyl (C=O) groups is 2. The molecule has 1 aromatic heterocycles. The van der Waals surface area contributed by atoms with Gasteiger partial charge in [-0.25, -0.2) is 0 Å². The number of fused-ring (bicyclic) bond motifs is 1. The van der Waals surface area contributed by atoms with E-state index < -0.39 is 11.3 Å². The monoisotopic (exact) mass is 394 g/mol. The minimum atomic E-state index is -0.904. The van der Waals surface area contributed by atoms with Crippen LogP contribution in [0.3, 0.4) is 0 Å². The number of aromatic nitrogens is 1. The van der Waals surface area contributed by atoms with Gasteiger partial charge in [-0.05, 0) is 18.2 Å². The average Bonchev–Trinajstić information content (AvgIpc) is 2.98. The van der Waals surface area contributed by atoms with Crippen molar-refractivity contribution in [2.75, 3.05) is 11.2 Å². The summed E-state index contributed by atoms with van der Waals surface area (Å²) >= 11 is 17.6. The van der Waals surface area contributed by atoms with Gasteiger partial charge < -0.3 is 10.3 Å². The molecule has 3 aromatic rings. The molecule has 128 valence electrons. The Morgan fingerprint density at radius 3 is 2.52 bits per heavy atom. The van der Waals surface area contributed by atoms with E-state index in [9.17, 15) is 9.59 Å². The molecule has 7 heteroatoms. The maximum Gasteiger partial charge on any atom is 0.243 e. The second-order valence-corrected chi connectivity index (χ2v) is 6.64. The number of H-pyrrole nitrogens is 1. The first-order valence-corrected chi connectivity index (χ1v) is 8.78. The van der Waals surface area contributed by atoms with Gasteiger partial charge in [-0.3, -0.25) is 9.59 Å². The van der Waals surface area contributed by atoms with Gasteiger partial charge in [0.1, 0.15) is 11.1 Å². The fraction of sp³-hybridized carbons (Fsp3) is 0.111. The molecule has 2 aromatic carbocycles. The van der Waals surface area contributed by atoms with Crippen LogP contribution in [-0.4, -0.2) is 27.9 Å². The molecular weight excluding hydrogens is 383 g/mol. The van der Waals surface area contributed by atoms with Gasteiger partial charge in [-0.2, -0.15) is 0 Å². The molecule has 0 fully saturated rings. The van der Waals surface area contributed by atoms with Crippen molar-refractivity contribution >= 4 is 63.1 Å². The lowest BCUT2D eigenvalue weighted by molar-refractivity contribution is -0.115. The molecule has 1 unspecified atom stereocenters. The lowest BCUT2D eigenvalue weighted by Crippen LogP contribution is -2.25. The summed E-state index contributed by atoms with van der Waals surface area (Å²) in [6, 6.07) is 13.9. The maximum absolute atomic E-state index is 12.9. The van der Waals surface area contributed by atoms with E-state index in [1.807, 2.05) is 6.07 Å². The number of aromatic amines is 1. The van der Waals surface area contributed by atoms with E-state index in [0.717, 1.165) is 0 Å². The third-order valence-electron chi connectivity index (χ3n) is 3.69. The molecule has 25 heavy (non-hydrogen) atoms. The quantitative estimate of drug-likeness (QED) is 0.480. The summed E-state index contributed by atoms with van der Waals surface area (Å²) in [5.74, 6) is -0.765. The highest BCUT2D eigenvalue weighted by Crippen LogP contribution is 2.31. The van der Waals surface area contributed by atoms with E-state index in [4.69, 9.17) is 34.8 Å². The smallest absolute Gasteiger partial charge is 0.243 e. The van der Waals surface area contributed by atoms with Gasteiger partial charge in [0.2, 0.25) is 11.7 Å². The Hall–Kier alpha value is -2.01. The van der Waals surface area contributed by atoms with Crippen LogP contribution in [0.1, 0.15) is 16.1 Å². The fourth-order valence-corrected chi connectivity index (χ4v) is 2.84. The topological polar surface area (TPSA) is 62.0 Å². The molecule has 0 aliphatic rings. The Morgan fingerprint density at radius 1 is 1.12 bits per heavy atom. The van der Waals surface area contributed by atoms with Gasteiger partial charge in [0.15, 0.2) is 0 Å². The maximum atomic E-state index is 12.9. The van der Waals surface area contributed by atoms with Gasteiger partial charge in [0.05, 0.1) is 5.69 Å². The summed E-state index contributed by atoms with van der Waals surface area (Å²) < 4.78 is 0. The van der Waals surface area contributed by atoms with Crippen LogP contribution < -0.4 is 5.32 Å². The molecule has 3 rings (SSSR count). The van der Waals surface area contributed by atoms with Crippen molar-refractivity contribution < 1.29 is 9.59 Å². The summed E-state index contributed by atoms with van der Waals surface area (Å²) in [6.07, 6.45) is 0. The lowest BCUT2D eigenvalue weighted by Gasteiger charge is -2.09. The van der Waals surface area contributed by atoms with E-state index in [-0.39, 0.29) is 17.4 Å². The molecule has 1 heterocycles. The number of benzene rings is 2. The first-order chi connectivity index (χ1) is 12.0. The zero-order valence-electron chi connectivity index (χ0n) is 12.9. The van der Waals surface area contributed by atoms with Crippen molar-refractivity contribution in [3.8, 4) is 0 Å². The molecule has 0 aliphatic carbocycles. The minimum absolute atomic E-state index is 0.0382. The highest BCUT2D eigenvalue weighted by Gasteiger charge is 2.23. The van der Waals surface area contributed by atoms with Crippen LogP contribution in [0.25, 0.3) is 10.9 Å². The van der Waals surface area contributed by atoms with Crippen molar-refractivity contribution in [2.45, 2.75) is 5.38 Å². The molecule has 0 saturated heterocycles. The van der Waals surface area contributed by atoms with Gasteiger partial charge in [0, 0.05) is 27.4 Å². The third-order valence-corrected chi connectivity index (χ3v) is 4.75. The largest absolute Gasteiger partial charge is 0.350 e. The second-order valence-electron chi connectivity index (χ2n) is 5.37. The number of alkyl halides is 2. The van der Waals surface area contributed by atoms with Crippen LogP contribution in [0.4, 0.5) is 5.69 Å². The lowest BCUT2D eigenvalue weighted by atomic mass is 10.1. The molecule has 0 aliphatic heterocycles. The fourth-order valence-electron chi connectivity index (χ4n) is 2.48. The van der Waals surface area contributed by atoms with Crippen LogP contribution >= 0.6 is 34.8 Å². The molecule has 1 amide bonds. The predicted molar refractivity (Wildman–Crippen MR) is 102 cm³/mol. The summed E-state index contributed by atoms with van der Waals surface area (Å²) in [4.78, 5) is 28.1. The van der Waals surface area contributed by atoms with E-state index in [1.54, 1.807) is 42.5 Å². The van der Waals surface area contributed by atoms with Gasteiger partial charge in [0.25, 0.3) is 0 Å². The molecule has 4 nitrogen and oxygen atoms in total. The molecular formula is C18H13Cl3N2O2. The van der Waals surface area contributed by atoms with Crippen LogP contribution in [0.2, 0.25) is 5.02 Å². The Bertz CT molecular complexity index is 938. The average molecular weight is 396 g/mol. The molecule has 0 radical (unpaired) electrons. The summed E-state index contributed by atoms with van der Waals surface area (Å²) in [6.45, 7) is 0. The Morgan fingerprint density at radius 2 is 1.84 bits per heavy atom. The number of carbonyl (C=O) groups excluding carboxylic acids is 2. The summed E-state index contributed by atoms with van der Waals surface area (Å²) in [7, 11) is 0. The highest BCUT2D eigenvalue weighted by atomic mass is 35.5. The second kappa shape index (κ2) is 7.48. The Kier molecular flexibility index (Phi) is 5.33. The van der Waals surface area contributed by atoms with Crippen LogP contribution in [0.5, 0.6) is 0 Å². The van der Waals surface area contributed by atoms with E-state index in [0.29, 0.717) is 27.2 Å². The van der Waals surface area contributed by atoms with Gasteiger partial charge in [-0.15, -0.1) is 23.2 Å². The Balaban J connectivity index is 2.11. The number of halogens is 3. The standard InChI is InChI=1S/C18H13Cl3N2O2/c19-9-13(21)18(25)23-15-12-7-6-11(20)8-14(12)22-16(15)17(24)10-4-2-1-3-5-10/h1-8,13,22H,9H2,(H,23,25). The molecule has 0 bridgehead atoms. The SMILES string of the molecule is O=C(c1ccccc1)c1[nH]c2cc(Cl)ccc2c1NC(=O)C(Cl)CCl. The van der Waals surface area contributed by atoms with E-state index >= 15 is 0 Å². The van der Waals surface area contributed by atoms with Crippen molar-refractivity contribution in [1.29, 1.82) is 0 Å². The predicted octanol–water partition coefficient (Wildman–Crippen LogP) is 4.84. The number of rotatable bonds is 5. The molecule has 0 saturated carbocycles. The Labute approximate surface area is 159 Å². The number of anilines is 1. The van der Waals surface area contributed by atoms with Crippen LogP contribution in [0.15, 0.2) is 48.5 Å². The number of hydrogen-bond acceptors (Lipinski definition) is 2. The van der Waals surface area contributed by atoms with Crippen LogP contribution in [-0.2, 0) is 4.79 Å². The first-order valence-electron chi connectivity index (χ1n) is 7.43. The van der Waals surface area contributed by atoms with E-state index in [1.165, 1.54) is 0 Å². The summed E-state index contributed by atoms with van der Waals surface area (Å²) in [5.41, 5.74) is 1.76. The molecule has 1 atom stereocenters. The number of nitrogens with one attached hydrogen (secondary N) is 2. The van der Waals surface area contributed by atoms with Crippen molar-refractivity contribution in [3.05, 3.63) is 64.8 Å². The van der Waals surface area contributed by atoms with Crippen LogP contribution in [0, 0.1) is 0 Å². The highest BCUT2D eigenvalue weighted by molar-refractivity contribution is 6.38. The van der Waals surface area contributed by atoms with Gasteiger partial charge >= 0.3 is 0 Å². The third kappa shape index (κ3) is 3.66.